The Kier molecular flexibility index (Phi) is 6.78. The summed E-state index contributed by atoms with van der Waals surface area (Å²) in [5, 5.41) is 14.6. The molecule has 0 bridgehead atoms. The average Bonchev–Trinajstić information content (AvgIpc) is 2.38. The molecule has 0 aromatic carbocycles. The molecule has 0 radical (unpaired) electrons. The van der Waals surface area contributed by atoms with Crippen LogP contribution in [0.3, 0.4) is 0 Å². The molecular weight excluding hydrogens is 260 g/mol. The number of urea groups is 1. The molecule has 6 heteroatoms. The number of ether oxygens (including phenoxy) is 1. The van der Waals surface area contributed by atoms with Gasteiger partial charge in [-0.1, -0.05) is 33.1 Å². The lowest BCUT2D eigenvalue weighted by Crippen LogP contribution is -2.58. The zero-order valence-electron chi connectivity index (χ0n) is 12.4. The van der Waals surface area contributed by atoms with Crippen LogP contribution in [0.5, 0.6) is 0 Å². The zero-order chi connectivity index (χ0) is 15.0. The van der Waals surface area contributed by atoms with Gasteiger partial charge >= 0.3 is 12.0 Å². The fourth-order valence-corrected chi connectivity index (χ4v) is 2.36. The van der Waals surface area contributed by atoms with Crippen molar-refractivity contribution in [1.82, 2.24) is 10.6 Å². The summed E-state index contributed by atoms with van der Waals surface area (Å²) in [6, 6.07) is -0.428. The summed E-state index contributed by atoms with van der Waals surface area (Å²) in [6.45, 7) is 5.59. The van der Waals surface area contributed by atoms with Crippen molar-refractivity contribution in [2.45, 2.75) is 51.5 Å². The van der Waals surface area contributed by atoms with E-state index in [1.807, 2.05) is 0 Å². The van der Waals surface area contributed by atoms with Crippen molar-refractivity contribution < 1.29 is 19.4 Å². The fourth-order valence-electron chi connectivity index (χ4n) is 2.36. The summed E-state index contributed by atoms with van der Waals surface area (Å²) in [4.78, 5) is 23.2. The predicted octanol–water partition coefficient (Wildman–Crippen LogP) is 1.75. The van der Waals surface area contributed by atoms with Gasteiger partial charge in [-0.3, -0.25) is 0 Å². The summed E-state index contributed by atoms with van der Waals surface area (Å²) in [5.74, 6) is -0.482. The topological polar surface area (TPSA) is 87.7 Å². The minimum absolute atomic E-state index is 0.383. The molecule has 2 amide bonds. The number of nitrogens with one attached hydrogen (secondary N) is 2. The van der Waals surface area contributed by atoms with Crippen LogP contribution in [0.25, 0.3) is 0 Å². The number of amides is 2. The van der Waals surface area contributed by atoms with Crippen molar-refractivity contribution in [2.24, 2.45) is 5.92 Å². The lowest BCUT2D eigenvalue weighted by atomic mass is 9.82. The Labute approximate surface area is 120 Å². The number of carboxylic acid groups (broad SMARTS) is 1. The van der Waals surface area contributed by atoms with Gasteiger partial charge in [-0.2, -0.15) is 0 Å². The standard InChI is InChI=1S/C14H26N2O4/c1-11(2)10-20-9-8-15-13(19)16-14(12(17)18)6-4-3-5-7-14/h11H,3-10H2,1-2H3,(H,17,18)(H2,15,16,19). The van der Waals surface area contributed by atoms with Crippen LogP contribution >= 0.6 is 0 Å². The van der Waals surface area contributed by atoms with E-state index in [0.29, 0.717) is 38.5 Å². The van der Waals surface area contributed by atoms with Crippen molar-refractivity contribution in [2.75, 3.05) is 19.8 Å². The Bertz CT molecular complexity index is 325. The summed E-state index contributed by atoms with van der Waals surface area (Å²) in [5.41, 5.74) is -1.10. The number of carbonyl (C=O) groups is 2. The van der Waals surface area contributed by atoms with E-state index in [0.717, 1.165) is 19.3 Å². The third-order valence-electron chi connectivity index (χ3n) is 3.45. The SMILES string of the molecule is CC(C)COCCNC(=O)NC1(C(=O)O)CCCCC1. The molecule has 6 nitrogen and oxygen atoms in total. The molecule has 3 N–H and O–H groups in total. The number of carbonyl (C=O) groups excluding carboxylic acids is 1. The van der Waals surface area contributed by atoms with Crippen molar-refractivity contribution >= 4 is 12.0 Å². The molecule has 0 unspecified atom stereocenters. The Morgan fingerprint density at radius 2 is 1.90 bits per heavy atom. The Hall–Kier alpha value is -1.30. The summed E-state index contributed by atoms with van der Waals surface area (Å²) in [6.07, 6.45) is 3.70. The van der Waals surface area contributed by atoms with Crippen LogP contribution in [0.15, 0.2) is 0 Å². The smallest absolute Gasteiger partial charge is 0.329 e. The highest BCUT2D eigenvalue weighted by atomic mass is 16.5. The molecule has 1 aliphatic rings. The van der Waals surface area contributed by atoms with Gasteiger partial charge in [0.25, 0.3) is 0 Å². The van der Waals surface area contributed by atoms with Gasteiger partial charge in [0.1, 0.15) is 5.54 Å². The molecule has 0 heterocycles. The van der Waals surface area contributed by atoms with Gasteiger partial charge in [-0.15, -0.1) is 0 Å². The first-order valence-corrected chi connectivity index (χ1v) is 7.33. The number of hydrogen-bond acceptors (Lipinski definition) is 3. The van der Waals surface area contributed by atoms with Gasteiger partial charge in [-0.05, 0) is 18.8 Å². The highest BCUT2D eigenvalue weighted by Crippen LogP contribution is 2.28. The van der Waals surface area contributed by atoms with Crippen LogP contribution in [0.1, 0.15) is 46.0 Å². The second kappa shape index (κ2) is 8.09. The quantitative estimate of drug-likeness (QED) is 0.622. The minimum Gasteiger partial charge on any atom is -0.480 e. The third kappa shape index (κ3) is 5.36. The molecule has 0 spiro atoms. The maximum absolute atomic E-state index is 11.8. The van der Waals surface area contributed by atoms with E-state index in [-0.39, 0.29) is 0 Å². The normalized spacial score (nSPS) is 17.8. The molecule has 1 aliphatic carbocycles. The maximum Gasteiger partial charge on any atom is 0.329 e. The lowest BCUT2D eigenvalue weighted by Gasteiger charge is -2.33. The summed E-state index contributed by atoms with van der Waals surface area (Å²) in [7, 11) is 0. The van der Waals surface area contributed by atoms with Crippen molar-refractivity contribution in [3.05, 3.63) is 0 Å². The Balaban J connectivity index is 2.30. The van der Waals surface area contributed by atoms with E-state index in [1.165, 1.54) is 0 Å². The molecule has 116 valence electrons. The van der Waals surface area contributed by atoms with Crippen LogP contribution in [0.2, 0.25) is 0 Å². The summed E-state index contributed by atoms with van der Waals surface area (Å²) >= 11 is 0. The van der Waals surface area contributed by atoms with Crippen LogP contribution in [-0.4, -0.2) is 42.4 Å². The van der Waals surface area contributed by atoms with Gasteiger partial charge in [0, 0.05) is 13.2 Å². The molecule has 0 atom stereocenters. The molecular formula is C14H26N2O4. The van der Waals surface area contributed by atoms with Crippen LogP contribution < -0.4 is 10.6 Å². The van der Waals surface area contributed by atoms with Crippen LogP contribution in [-0.2, 0) is 9.53 Å². The zero-order valence-corrected chi connectivity index (χ0v) is 12.4. The first kappa shape index (κ1) is 16.8. The highest BCUT2D eigenvalue weighted by Gasteiger charge is 2.40. The minimum atomic E-state index is -1.10. The average molecular weight is 286 g/mol. The number of carboxylic acids is 1. The van der Waals surface area contributed by atoms with Crippen molar-refractivity contribution in [3.8, 4) is 0 Å². The van der Waals surface area contributed by atoms with Gasteiger partial charge in [-0.25, -0.2) is 9.59 Å². The van der Waals surface area contributed by atoms with Gasteiger partial charge in [0.05, 0.1) is 6.61 Å². The Morgan fingerprint density at radius 3 is 2.45 bits per heavy atom. The molecule has 0 saturated heterocycles. The van der Waals surface area contributed by atoms with E-state index in [9.17, 15) is 14.7 Å². The molecule has 20 heavy (non-hydrogen) atoms. The van der Waals surface area contributed by atoms with Gasteiger partial charge in [0.15, 0.2) is 0 Å². The van der Waals surface area contributed by atoms with Gasteiger partial charge < -0.3 is 20.5 Å². The van der Waals surface area contributed by atoms with E-state index < -0.39 is 17.5 Å². The molecule has 0 aromatic heterocycles. The Morgan fingerprint density at radius 1 is 1.25 bits per heavy atom. The van der Waals surface area contributed by atoms with E-state index >= 15 is 0 Å². The number of hydrogen-bond donors (Lipinski definition) is 3. The number of rotatable bonds is 7. The molecule has 1 rings (SSSR count). The number of aliphatic carboxylic acids is 1. The molecule has 1 fully saturated rings. The monoisotopic (exact) mass is 286 g/mol. The predicted molar refractivity (Wildman–Crippen MR) is 75.6 cm³/mol. The maximum atomic E-state index is 11.8. The molecule has 0 aromatic rings. The first-order valence-electron chi connectivity index (χ1n) is 7.33. The first-order chi connectivity index (χ1) is 9.46. The van der Waals surface area contributed by atoms with Crippen LogP contribution in [0, 0.1) is 5.92 Å². The van der Waals surface area contributed by atoms with Crippen LogP contribution in [0.4, 0.5) is 4.79 Å². The summed E-state index contributed by atoms with van der Waals surface area (Å²) < 4.78 is 5.35. The third-order valence-corrected chi connectivity index (χ3v) is 3.45. The van der Waals surface area contributed by atoms with Crippen molar-refractivity contribution in [3.63, 3.8) is 0 Å². The van der Waals surface area contributed by atoms with E-state index in [4.69, 9.17) is 4.74 Å². The largest absolute Gasteiger partial charge is 0.480 e. The lowest BCUT2D eigenvalue weighted by molar-refractivity contribution is -0.145. The highest BCUT2D eigenvalue weighted by molar-refractivity contribution is 5.86. The fraction of sp³-hybridized carbons (Fsp3) is 0.857. The second-order valence-electron chi connectivity index (χ2n) is 5.80. The van der Waals surface area contributed by atoms with E-state index in [2.05, 4.69) is 24.5 Å². The second-order valence-corrected chi connectivity index (χ2v) is 5.80. The van der Waals surface area contributed by atoms with Crippen molar-refractivity contribution in [1.29, 1.82) is 0 Å². The van der Waals surface area contributed by atoms with Gasteiger partial charge in [0.2, 0.25) is 0 Å². The molecule has 0 aliphatic heterocycles. The van der Waals surface area contributed by atoms with E-state index in [1.54, 1.807) is 0 Å². The molecule has 1 saturated carbocycles.